The standard InChI is InChI=1S/C28H28F2N6O4S/c1-39-21-14-31-20(25(29)30)10-18(21)17-11-22(36-15-28(12-24(36)37)6-8-40-9-7-28)32-13-19(17)26(38)33-27-35-34-23(41-27)5-4-16-2-3-16/h10-11,13-14,16,23,25,34H,2-3,6-9,12,15H2,1H3,(H,33,35,38). The molecular formula is C28H28F2N6O4S. The Kier molecular flexibility index (Phi) is 7.52. The van der Waals surface area contributed by atoms with Gasteiger partial charge in [0.15, 0.2) is 10.5 Å². The Balaban J connectivity index is 1.33. The predicted octanol–water partition coefficient (Wildman–Crippen LogP) is 3.70. The fraction of sp³-hybridized carbons (Fsp3) is 0.464. The fourth-order valence-electron chi connectivity index (χ4n) is 5.18. The number of aromatic nitrogens is 2. The van der Waals surface area contributed by atoms with Crippen molar-refractivity contribution >= 4 is 34.6 Å². The van der Waals surface area contributed by atoms with Crippen LogP contribution in [0.4, 0.5) is 14.6 Å². The number of amides is 2. The van der Waals surface area contributed by atoms with Crippen molar-refractivity contribution < 1.29 is 27.8 Å². The van der Waals surface area contributed by atoms with Crippen LogP contribution in [-0.2, 0) is 9.53 Å². The van der Waals surface area contributed by atoms with E-state index in [1.807, 2.05) is 0 Å². The summed E-state index contributed by atoms with van der Waals surface area (Å²) in [4.78, 5) is 36.5. The summed E-state index contributed by atoms with van der Waals surface area (Å²) in [5.74, 6) is 6.60. The quantitative estimate of drug-likeness (QED) is 0.513. The van der Waals surface area contributed by atoms with Crippen LogP contribution < -0.4 is 20.4 Å². The van der Waals surface area contributed by atoms with Crippen molar-refractivity contribution in [2.24, 2.45) is 16.4 Å². The van der Waals surface area contributed by atoms with E-state index >= 15 is 0 Å². The van der Waals surface area contributed by atoms with Gasteiger partial charge in [-0.2, -0.15) is 5.10 Å². The fourth-order valence-corrected chi connectivity index (χ4v) is 5.89. The monoisotopic (exact) mass is 582 g/mol. The summed E-state index contributed by atoms with van der Waals surface area (Å²) in [6, 6.07) is 2.77. The molecule has 2 aromatic heterocycles. The Morgan fingerprint density at radius 1 is 1.22 bits per heavy atom. The van der Waals surface area contributed by atoms with Crippen LogP contribution >= 0.6 is 11.8 Å². The summed E-state index contributed by atoms with van der Waals surface area (Å²) in [7, 11) is 1.39. The van der Waals surface area contributed by atoms with Gasteiger partial charge < -0.3 is 9.47 Å². The number of carbonyl (C=O) groups is 2. The van der Waals surface area contributed by atoms with Gasteiger partial charge in [-0.15, -0.1) is 0 Å². The Morgan fingerprint density at radius 3 is 2.76 bits per heavy atom. The molecule has 3 fully saturated rings. The molecule has 1 atom stereocenters. The number of carbonyl (C=O) groups excluding carboxylic acids is 2. The van der Waals surface area contributed by atoms with Gasteiger partial charge >= 0.3 is 0 Å². The van der Waals surface area contributed by atoms with Gasteiger partial charge in [-0.25, -0.2) is 13.8 Å². The highest BCUT2D eigenvalue weighted by Crippen LogP contribution is 2.43. The number of amidine groups is 1. The molecule has 6 rings (SSSR count). The van der Waals surface area contributed by atoms with Crippen LogP contribution in [0.15, 0.2) is 29.6 Å². The second-order valence-corrected chi connectivity index (χ2v) is 11.6. The third-order valence-corrected chi connectivity index (χ3v) is 8.51. The number of methoxy groups -OCH3 is 1. The molecule has 0 aromatic carbocycles. The molecule has 5 heterocycles. The number of hydrogen-bond acceptors (Lipinski definition) is 9. The highest BCUT2D eigenvalue weighted by atomic mass is 32.2. The van der Waals surface area contributed by atoms with Crippen molar-refractivity contribution in [1.29, 1.82) is 0 Å². The lowest BCUT2D eigenvalue weighted by Gasteiger charge is -2.32. The summed E-state index contributed by atoms with van der Waals surface area (Å²) in [5, 5.41) is 6.98. The number of ether oxygens (including phenoxy) is 2. The molecule has 2 amide bonds. The first-order valence-electron chi connectivity index (χ1n) is 13.4. The van der Waals surface area contributed by atoms with E-state index in [-0.39, 0.29) is 39.1 Å². The number of nitrogens with one attached hydrogen (secondary N) is 2. The maximum absolute atomic E-state index is 13.7. The van der Waals surface area contributed by atoms with E-state index in [9.17, 15) is 18.4 Å². The number of rotatable bonds is 5. The van der Waals surface area contributed by atoms with Gasteiger partial charge in [0.05, 0.1) is 18.9 Å². The van der Waals surface area contributed by atoms with E-state index in [1.54, 1.807) is 11.0 Å². The third kappa shape index (κ3) is 5.85. The summed E-state index contributed by atoms with van der Waals surface area (Å²) < 4.78 is 38.3. The zero-order valence-electron chi connectivity index (χ0n) is 22.3. The normalized spacial score (nSPS) is 21.4. The van der Waals surface area contributed by atoms with Gasteiger partial charge in [0.25, 0.3) is 12.3 Å². The van der Waals surface area contributed by atoms with E-state index in [4.69, 9.17) is 9.47 Å². The second kappa shape index (κ2) is 11.3. The van der Waals surface area contributed by atoms with Crippen LogP contribution in [0.25, 0.3) is 11.1 Å². The van der Waals surface area contributed by atoms with Gasteiger partial charge in [0.1, 0.15) is 17.3 Å². The highest BCUT2D eigenvalue weighted by Gasteiger charge is 2.45. The first-order chi connectivity index (χ1) is 19.8. The number of pyridine rings is 2. The smallest absolute Gasteiger partial charge is 0.280 e. The number of nitrogens with zero attached hydrogens (tertiary/aromatic N) is 4. The van der Waals surface area contributed by atoms with E-state index < -0.39 is 18.0 Å². The third-order valence-electron chi connectivity index (χ3n) is 7.64. The van der Waals surface area contributed by atoms with Crippen molar-refractivity contribution in [3.8, 4) is 28.7 Å². The van der Waals surface area contributed by atoms with Crippen LogP contribution in [-0.4, -0.2) is 59.2 Å². The summed E-state index contributed by atoms with van der Waals surface area (Å²) in [5.41, 5.74) is 2.82. The molecule has 2 N–H and O–H groups in total. The first kappa shape index (κ1) is 27.4. The lowest BCUT2D eigenvalue weighted by molar-refractivity contribution is -0.118. The number of halogens is 2. The molecule has 2 saturated heterocycles. The topological polar surface area (TPSA) is 118 Å². The van der Waals surface area contributed by atoms with E-state index in [0.717, 1.165) is 25.7 Å². The van der Waals surface area contributed by atoms with Crippen LogP contribution in [0.5, 0.6) is 5.75 Å². The Morgan fingerprint density at radius 2 is 2.02 bits per heavy atom. The molecule has 4 aliphatic rings. The Hall–Kier alpha value is -3.76. The molecule has 1 saturated carbocycles. The number of hydrazone groups is 1. The minimum Gasteiger partial charge on any atom is -0.494 e. The predicted molar refractivity (Wildman–Crippen MR) is 148 cm³/mol. The molecule has 10 nitrogen and oxygen atoms in total. The molecule has 3 aliphatic heterocycles. The van der Waals surface area contributed by atoms with Crippen LogP contribution in [0.3, 0.4) is 0 Å². The molecule has 214 valence electrons. The SMILES string of the molecule is COc1cnc(C(F)F)cc1-c1cc(N2CC3(CCOCC3)CC2=O)ncc1C(=O)NC1=NNC(C#CC2CC2)S1. The van der Waals surface area contributed by atoms with Gasteiger partial charge in [-0.3, -0.25) is 30.2 Å². The summed E-state index contributed by atoms with van der Waals surface area (Å²) in [6.07, 6.45) is 3.81. The maximum Gasteiger partial charge on any atom is 0.280 e. The van der Waals surface area contributed by atoms with Crippen LogP contribution in [0.1, 0.15) is 54.6 Å². The van der Waals surface area contributed by atoms with Crippen molar-refractivity contribution in [1.82, 2.24) is 20.7 Å². The van der Waals surface area contributed by atoms with Crippen molar-refractivity contribution in [3.63, 3.8) is 0 Å². The molecule has 0 radical (unpaired) electrons. The molecular weight excluding hydrogens is 554 g/mol. The Bertz CT molecular complexity index is 1470. The van der Waals surface area contributed by atoms with Crippen LogP contribution in [0, 0.1) is 23.2 Å². The summed E-state index contributed by atoms with van der Waals surface area (Å²) >= 11 is 1.27. The van der Waals surface area contributed by atoms with Gasteiger partial charge in [0, 0.05) is 54.8 Å². The zero-order chi connectivity index (χ0) is 28.6. The number of alkyl halides is 2. The van der Waals surface area contributed by atoms with E-state index in [1.165, 1.54) is 37.3 Å². The van der Waals surface area contributed by atoms with Gasteiger partial charge in [-0.05, 0) is 49.6 Å². The number of thioether (sulfide) groups is 1. The minimum absolute atomic E-state index is 0.0846. The lowest BCUT2D eigenvalue weighted by atomic mass is 9.79. The second-order valence-electron chi connectivity index (χ2n) is 10.5. The number of hydrogen-bond donors (Lipinski definition) is 2. The molecule has 13 heteroatoms. The number of anilines is 1. The molecule has 41 heavy (non-hydrogen) atoms. The molecule has 0 bridgehead atoms. The minimum atomic E-state index is -2.84. The van der Waals surface area contributed by atoms with Crippen molar-refractivity contribution in [2.45, 2.75) is 43.9 Å². The highest BCUT2D eigenvalue weighted by molar-refractivity contribution is 8.14. The average molecular weight is 583 g/mol. The molecule has 2 aromatic rings. The Labute approximate surface area is 239 Å². The van der Waals surface area contributed by atoms with E-state index in [2.05, 4.69) is 37.7 Å². The van der Waals surface area contributed by atoms with Crippen molar-refractivity contribution in [2.75, 3.05) is 31.8 Å². The molecule has 1 aliphatic carbocycles. The maximum atomic E-state index is 13.7. The molecule has 1 spiro atoms. The average Bonchev–Trinajstić information content (AvgIpc) is 3.62. The van der Waals surface area contributed by atoms with Gasteiger partial charge in [-0.1, -0.05) is 11.8 Å². The molecule has 1 unspecified atom stereocenters. The first-order valence-corrected chi connectivity index (χ1v) is 14.2. The largest absolute Gasteiger partial charge is 0.494 e. The van der Waals surface area contributed by atoms with Gasteiger partial charge in [0.2, 0.25) is 5.91 Å². The van der Waals surface area contributed by atoms with Crippen LogP contribution in [0.2, 0.25) is 0 Å². The lowest BCUT2D eigenvalue weighted by Crippen LogP contribution is -2.33. The van der Waals surface area contributed by atoms with E-state index in [0.29, 0.717) is 43.1 Å². The summed E-state index contributed by atoms with van der Waals surface area (Å²) in [6.45, 7) is 1.64. The van der Waals surface area contributed by atoms with Crippen molar-refractivity contribution in [3.05, 3.63) is 35.8 Å². The zero-order valence-corrected chi connectivity index (χ0v) is 23.1.